The van der Waals surface area contributed by atoms with Gasteiger partial charge in [-0.3, -0.25) is 9.80 Å². The standard InChI is InChI=1S/C49H64N10O3S/c1-30(2)58-18-16-57(17-19-58)20-21-62-49-24-33-22-47(5,28-49)27-48(6,29-49)23-34(33)25-51-32(4)41-36-13-14-40(53-42(36)45(60)61-26-37(41)50)59-15-9-10-35-31(3)43(55-56-44(35)59)54-46-52-38-11-7-8-12-39(38)63-46/h7-8,11-14,30,33-34,50-51H,9-10,15-29H2,1-6H3,(H,52,54,55)/b41-32-,50-37?. The number of cyclic esters (lactones) is 1. The van der Waals surface area contributed by atoms with Gasteiger partial charge in [-0.15, -0.1) is 10.2 Å². The molecule has 1 aromatic carbocycles. The molecular formula is C49H64N10O3S. The molecule has 5 fully saturated rings. The minimum absolute atomic E-state index is 0.0500. The van der Waals surface area contributed by atoms with E-state index in [1.807, 2.05) is 37.3 Å². The van der Waals surface area contributed by atoms with Crippen molar-refractivity contribution in [2.24, 2.45) is 22.7 Å². The van der Waals surface area contributed by atoms with Crippen molar-refractivity contribution in [3.05, 3.63) is 64.5 Å². The zero-order valence-electron chi connectivity index (χ0n) is 38.0. The number of carbonyl (C=O) groups excluding carboxylic acids is 1. The second-order valence-corrected chi connectivity index (χ2v) is 21.7. The Bertz CT molecular complexity index is 2430. The molecule has 5 atom stereocenters. The number of pyridine rings is 1. The molecule has 0 amide bonds. The van der Waals surface area contributed by atoms with Gasteiger partial charge >= 0.3 is 5.97 Å². The van der Waals surface area contributed by atoms with Crippen LogP contribution in [-0.4, -0.2) is 112 Å². The van der Waals surface area contributed by atoms with E-state index in [2.05, 4.69) is 71.1 Å². The molecule has 0 radical (unpaired) electrons. The summed E-state index contributed by atoms with van der Waals surface area (Å²) in [5.41, 5.74) is 6.24. The fraction of sp³-hybridized carbons (Fsp3) is 0.592. The van der Waals surface area contributed by atoms with Gasteiger partial charge in [-0.05, 0) is 126 Å². The Morgan fingerprint density at radius 1 is 1.00 bits per heavy atom. The molecule has 7 aliphatic rings. The Hall–Kier alpha value is -4.50. The average Bonchev–Trinajstić information content (AvgIpc) is 3.55. The number of nitrogens with one attached hydrogen (secondary N) is 3. The number of allylic oxidation sites excluding steroid dienone is 1. The number of carbonyl (C=O) groups is 1. The first-order valence-corrected chi connectivity index (χ1v) is 24.2. The number of fused-ring (bicyclic) bond motifs is 4. The van der Waals surface area contributed by atoms with Gasteiger partial charge in [0.05, 0.1) is 28.1 Å². The molecule has 4 saturated carbocycles. The minimum atomic E-state index is -0.518. The second-order valence-electron chi connectivity index (χ2n) is 20.6. The van der Waals surface area contributed by atoms with Crippen LogP contribution in [0.4, 0.5) is 22.6 Å². The highest BCUT2D eigenvalue weighted by atomic mass is 32.1. The summed E-state index contributed by atoms with van der Waals surface area (Å²) in [5.74, 6) is 2.58. The molecule has 3 aromatic heterocycles. The van der Waals surface area contributed by atoms with E-state index < -0.39 is 5.97 Å². The molecule has 4 aliphatic carbocycles. The Kier molecular flexibility index (Phi) is 11.1. The van der Waals surface area contributed by atoms with E-state index in [9.17, 15) is 4.79 Å². The monoisotopic (exact) mass is 872 g/mol. The van der Waals surface area contributed by atoms with Crippen molar-refractivity contribution in [1.82, 2.24) is 35.3 Å². The molecule has 0 spiro atoms. The summed E-state index contributed by atoms with van der Waals surface area (Å²) < 4.78 is 13.9. The molecule has 4 aromatic rings. The van der Waals surface area contributed by atoms with Gasteiger partial charge in [-0.2, -0.15) is 0 Å². The van der Waals surface area contributed by atoms with E-state index in [4.69, 9.17) is 29.9 Å². The van der Waals surface area contributed by atoms with Crippen LogP contribution in [0, 0.1) is 35.0 Å². The van der Waals surface area contributed by atoms with E-state index in [-0.39, 0.29) is 29.0 Å². The van der Waals surface area contributed by atoms with E-state index in [1.165, 1.54) is 25.7 Å². The number of aromatic nitrogens is 4. The maximum atomic E-state index is 13.6. The summed E-state index contributed by atoms with van der Waals surface area (Å²) in [4.78, 5) is 30.6. The third-order valence-electron chi connectivity index (χ3n) is 15.3. The van der Waals surface area contributed by atoms with Crippen LogP contribution < -0.4 is 15.5 Å². The van der Waals surface area contributed by atoms with Gasteiger partial charge in [0, 0.05) is 79.8 Å². The van der Waals surface area contributed by atoms with Crippen LogP contribution in [0.3, 0.4) is 0 Å². The fourth-order valence-electron chi connectivity index (χ4n) is 13.0. The van der Waals surface area contributed by atoms with E-state index in [0.29, 0.717) is 52.6 Å². The van der Waals surface area contributed by atoms with E-state index >= 15 is 0 Å². The molecule has 334 valence electrons. The summed E-state index contributed by atoms with van der Waals surface area (Å²) >= 11 is 1.59. The van der Waals surface area contributed by atoms with Gasteiger partial charge in [0.1, 0.15) is 12.4 Å². The maximum absolute atomic E-state index is 13.6. The number of esters is 1. The molecule has 3 aliphatic heterocycles. The van der Waals surface area contributed by atoms with Crippen molar-refractivity contribution in [3.63, 3.8) is 0 Å². The molecule has 63 heavy (non-hydrogen) atoms. The van der Waals surface area contributed by atoms with E-state index in [1.54, 1.807) is 11.3 Å². The lowest BCUT2D eigenvalue weighted by molar-refractivity contribution is -0.166. The van der Waals surface area contributed by atoms with Crippen molar-refractivity contribution in [3.8, 4) is 0 Å². The van der Waals surface area contributed by atoms with Crippen LogP contribution in [0.25, 0.3) is 15.8 Å². The van der Waals surface area contributed by atoms with Crippen LogP contribution in [0.5, 0.6) is 0 Å². The fourth-order valence-corrected chi connectivity index (χ4v) is 13.8. The molecule has 4 bridgehead atoms. The first kappa shape index (κ1) is 42.5. The van der Waals surface area contributed by atoms with Gasteiger partial charge in [0.15, 0.2) is 22.5 Å². The third-order valence-corrected chi connectivity index (χ3v) is 16.2. The summed E-state index contributed by atoms with van der Waals surface area (Å²) in [7, 11) is 0. The van der Waals surface area contributed by atoms with Crippen LogP contribution in [0.15, 0.2) is 42.1 Å². The largest absolute Gasteiger partial charge is 0.454 e. The summed E-state index contributed by atoms with van der Waals surface area (Å²) in [5, 5.41) is 26.5. The molecule has 1 saturated heterocycles. The molecule has 5 unspecified atom stereocenters. The first-order valence-electron chi connectivity index (χ1n) is 23.3. The van der Waals surface area contributed by atoms with Crippen molar-refractivity contribution >= 4 is 61.4 Å². The van der Waals surface area contributed by atoms with Gasteiger partial charge in [0.25, 0.3) is 0 Å². The number of hydrogen-bond donors (Lipinski definition) is 3. The topological polar surface area (TPSA) is 145 Å². The lowest BCUT2D eigenvalue weighted by Gasteiger charge is -2.56. The van der Waals surface area contributed by atoms with Crippen molar-refractivity contribution in [2.75, 3.05) is 69.2 Å². The summed E-state index contributed by atoms with van der Waals surface area (Å²) in [6.07, 6.45) is 8.86. The normalized spacial score (nSPS) is 29.3. The molecule has 3 N–H and O–H groups in total. The predicted molar refractivity (Wildman–Crippen MR) is 251 cm³/mol. The van der Waals surface area contributed by atoms with Crippen molar-refractivity contribution in [1.29, 1.82) is 5.41 Å². The van der Waals surface area contributed by atoms with Gasteiger partial charge in [0.2, 0.25) is 0 Å². The number of nitrogens with zero attached hydrogens (tertiary/aromatic N) is 7. The zero-order valence-corrected chi connectivity index (χ0v) is 38.8. The number of benzene rings is 1. The first-order chi connectivity index (χ1) is 30.3. The smallest absolute Gasteiger partial charge is 0.358 e. The SMILES string of the molecule is C/C(NCC1CC2(C)CC3(C)CC1CC(OCCN1CCN(C(C)C)CC1)(C2)C3)=C1/C(=N)COC(=O)c2nc(N3CCCc4c3nnc(Nc3nc5ccccc5s3)c4C)ccc21. The number of anilines is 4. The van der Waals surface area contributed by atoms with Crippen molar-refractivity contribution in [2.45, 2.75) is 105 Å². The lowest BCUT2D eigenvalue weighted by atomic mass is 9.53. The second kappa shape index (κ2) is 16.5. The zero-order chi connectivity index (χ0) is 43.7. The van der Waals surface area contributed by atoms with E-state index in [0.717, 1.165) is 110 Å². The quantitative estimate of drug-likeness (QED) is 0.124. The lowest BCUT2D eigenvalue weighted by Crippen LogP contribution is -2.53. The van der Waals surface area contributed by atoms with Crippen LogP contribution in [0.2, 0.25) is 0 Å². The number of para-hydroxylation sites is 1. The number of ether oxygens (including phenoxy) is 2. The van der Waals surface area contributed by atoms with Crippen LogP contribution in [0.1, 0.15) is 107 Å². The Balaban J connectivity index is 0.854. The predicted octanol–water partition coefficient (Wildman–Crippen LogP) is 8.54. The van der Waals surface area contributed by atoms with Gasteiger partial charge < -0.3 is 30.4 Å². The number of hydrogen-bond acceptors (Lipinski definition) is 14. The Morgan fingerprint density at radius 3 is 2.59 bits per heavy atom. The highest BCUT2D eigenvalue weighted by Crippen LogP contribution is 2.66. The number of rotatable bonds is 11. The third kappa shape index (κ3) is 8.25. The molecule has 11 rings (SSSR count). The summed E-state index contributed by atoms with van der Waals surface area (Å²) in [6.45, 7) is 21.6. The average molecular weight is 873 g/mol. The van der Waals surface area contributed by atoms with Crippen molar-refractivity contribution < 1.29 is 14.3 Å². The minimum Gasteiger partial charge on any atom is -0.454 e. The van der Waals surface area contributed by atoms with Gasteiger partial charge in [-0.1, -0.05) is 37.3 Å². The highest BCUT2D eigenvalue weighted by Gasteiger charge is 2.60. The van der Waals surface area contributed by atoms with Crippen LogP contribution in [-0.2, 0) is 15.9 Å². The molecule has 14 heteroatoms. The number of piperazine rings is 1. The molecule has 6 heterocycles. The molecule has 13 nitrogen and oxygen atoms in total. The Morgan fingerprint density at radius 2 is 1.79 bits per heavy atom. The summed E-state index contributed by atoms with van der Waals surface area (Å²) in [6, 6.07) is 12.6. The van der Waals surface area contributed by atoms with Gasteiger partial charge in [-0.25, -0.2) is 14.8 Å². The maximum Gasteiger partial charge on any atom is 0.358 e. The Labute approximate surface area is 375 Å². The number of thiazole rings is 1. The van der Waals surface area contributed by atoms with Crippen LogP contribution >= 0.6 is 11.3 Å². The molecular weight excluding hydrogens is 809 g/mol. The highest BCUT2D eigenvalue weighted by molar-refractivity contribution is 7.22.